The van der Waals surface area contributed by atoms with E-state index in [0.717, 1.165) is 42.0 Å². The van der Waals surface area contributed by atoms with Gasteiger partial charge in [-0.3, -0.25) is 0 Å². The molecule has 0 bridgehead atoms. The van der Waals surface area contributed by atoms with Crippen molar-refractivity contribution in [3.63, 3.8) is 0 Å². The van der Waals surface area contributed by atoms with Crippen molar-refractivity contribution < 1.29 is 4.39 Å². The third-order valence-electron chi connectivity index (χ3n) is 3.93. The van der Waals surface area contributed by atoms with Crippen molar-refractivity contribution in [1.29, 1.82) is 0 Å². The van der Waals surface area contributed by atoms with Gasteiger partial charge in [0.15, 0.2) is 0 Å². The zero-order chi connectivity index (χ0) is 15.8. The molecule has 118 valence electrons. The number of rotatable bonds is 2. The number of nitrogens with one attached hydrogen (secondary N) is 2. The van der Waals surface area contributed by atoms with Gasteiger partial charge in [-0.2, -0.15) is 0 Å². The van der Waals surface area contributed by atoms with E-state index in [1.54, 1.807) is 29.8 Å². The summed E-state index contributed by atoms with van der Waals surface area (Å²) in [5.41, 5.74) is 2.02. The van der Waals surface area contributed by atoms with Crippen molar-refractivity contribution in [2.45, 2.75) is 12.8 Å². The molecule has 3 aromatic rings. The monoisotopic (exact) mass is 348 g/mol. The van der Waals surface area contributed by atoms with Crippen LogP contribution in [0.3, 0.4) is 0 Å². The SMILES string of the molecule is Fc1ccc(Nc2ncnc3sc4c(c23)CCNCC4)cc1Cl. The lowest BCUT2D eigenvalue weighted by Crippen LogP contribution is -2.16. The largest absolute Gasteiger partial charge is 0.340 e. The van der Waals surface area contributed by atoms with E-state index in [1.165, 1.54) is 16.5 Å². The summed E-state index contributed by atoms with van der Waals surface area (Å²) in [7, 11) is 0. The molecule has 0 amide bonds. The van der Waals surface area contributed by atoms with E-state index in [4.69, 9.17) is 11.6 Å². The molecule has 4 nitrogen and oxygen atoms in total. The topological polar surface area (TPSA) is 49.8 Å². The van der Waals surface area contributed by atoms with Crippen molar-refractivity contribution in [3.8, 4) is 0 Å². The molecule has 2 aromatic heterocycles. The van der Waals surface area contributed by atoms with Gasteiger partial charge < -0.3 is 10.6 Å². The molecule has 0 fully saturated rings. The predicted octanol–water partition coefficient (Wildman–Crippen LogP) is 3.92. The smallest absolute Gasteiger partial charge is 0.142 e. The second-order valence-electron chi connectivity index (χ2n) is 5.41. The molecule has 4 rings (SSSR count). The van der Waals surface area contributed by atoms with Crippen LogP contribution >= 0.6 is 22.9 Å². The van der Waals surface area contributed by atoms with Gasteiger partial charge in [0.05, 0.1) is 10.4 Å². The van der Waals surface area contributed by atoms with E-state index in [0.29, 0.717) is 5.69 Å². The highest BCUT2D eigenvalue weighted by Gasteiger charge is 2.19. The minimum atomic E-state index is -0.430. The summed E-state index contributed by atoms with van der Waals surface area (Å²) in [4.78, 5) is 11.2. The fraction of sp³-hybridized carbons (Fsp3) is 0.250. The molecule has 1 aliphatic heterocycles. The van der Waals surface area contributed by atoms with E-state index in [9.17, 15) is 4.39 Å². The molecule has 2 N–H and O–H groups in total. The zero-order valence-corrected chi connectivity index (χ0v) is 13.8. The Morgan fingerprint density at radius 3 is 2.96 bits per heavy atom. The number of aromatic nitrogens is 2. The van der Waals surface area contributed by atoms with E-state index in [1.807, 2.05) is 0 Å². The Bertz CT molecular complexity index is 880. The first kappa shape index (κ1) is 14.8. The molecular formula is C16H14ClFN4S. The summed E-state index contributed by atoms with van der Waals surface area (Å²) in [6, 6.07) is 4.57. The van der Waals surface area contributed by atoms with Crippen molar-refractivity contribution in [1.82, 2.24) is 15.3 Å². The first-order valence-corrected chi connectivity index (χ1v) is 8.60. The van der Waals surface area contributed by atoms with Crippen LogP contribution in [0.1, 0.15) is 10.4 Å². The van der Waals surface area contributed by atoms with Gasteiger partial charge in [0.25, 0.3) is 0 Å². The Kier molecular flexibility index (Phi) is 3.88. The van der Waals surface area contributed by atoms with Gasteiger partial charge in [-0.25, -0.2) is 14.4 Å². The summed E-state index contributed by atoms with van der Waals surface area (Å²) >= 11 is 7.59. The molecule has 23 heavy (non-hydrogen) atoms. The summed E-state index contributed by atoms with van der Waals surface area (Å²) < 4.78 is 13.3. The standard InChI is InChI=1S/C16H14ClFN4S/c17-11-7-9(1-2-12(11)18)22-15-14-10-3-5-19-6-4-13(10)23-16(14)21-8-20-15/h1-2,7-8,19H,3-6H2,(H,20,21,22). The van der Waals surface area contributed by atoms with E-state index in [2.05, 4.69) is 20.6 Å². The second kappa shape index (κ2) is 6.03. The molecule has 7 heteroatoms. The van der Waals surface area contributed by atoms with Crippen molar-refractivity contribution in [3.05, 3.63) is 45.8 Å². The molecule has 0 radical (unpaired) electrons. The average Bonchev–Trinajstić information content (AvgIpc) is 2.74. The highest BCUT2D eigenvalue weighted by molar-refractivity contribution is 7.19. The predicted molar refractivity (Wildman–Crippen MR) is 92.4 cm³/mol. The van der Waals surface area contributed by atoms with Crippen LogP contribution in [-0.4, -0.2) is 23.1 Å². The van der Waals surface area contributed by atoms with Crippen LogP contribution in [0, 0.1) is 5.82 Å². The summed E-state index contributed by atoms with van der Waals surface area (Å²) in [6.45, 7) is 1.94. The fourth-order valence-corrected chi connectivity index (χ4v) is 4.22. The first-order chi connectivity index (χ1) is 11.2. The van der Waals surface area contributed by atoms with Crippen LogP contribution in [0.25, 0.3) is 10.2 Å². The van der Waals surface area contributed by atoms with Crippen LogP contribution in [0.2, 0.25) is 5.02 Å². The van der Waals surface area contributed by atoms with E-state index in [-0.39, 0.29) is 5.02 Å². The van der Waals surface area contributed by atoms with Gasteiger partial charge in [-0.15, -0.1) is 11.3 Å². The van der Waals surface area contributed by atoms with Gasteiger partial charge in [-0.05, 0) is 49.7 Å². The van der Waals surface area contributed by atoms with Gasteiger partial charge >= 0.3 is 0 Å². The second-order valence-corrected chi connectivity index (χ2v) is 6.90. The van der Waals surface area contributed by atoms with Crippen molar-refractivity contribution in [2.75, 3.05) is 18.4 Å². The fourth-order valence-electron chi connectivity index (χ4n) is 2.85. The molecule has 0 unspecified atom stereocenters. The van der Waals surface area contributed by atoms with Crippen LogP contribution in [0.15, 0.2) is 24.5 Å². The number of thiophene rings is 1. The number of benzene rings is 1. The van der Waals surface area contributed by atoms with Gasteiger partial charge in [0, 0.05) is 10.6 Å². The normalized spacial score (nSPS) is 14.5. The summed E-state index contributed by atoms with van der Waals surface area (Å²) in [5.74, 6) is 0.317. The number of hydrogen-bond acceptors (Lipinski definition) is 5. The maximum absolute atomic E-state index is 13.3. The summed E-state index contributed by atoms with van der Waals surface area (Å²) in [6.07, 6.45) is 3.53. The molecular weight excluding hydrogens is 335 g/mol. The third kappa shape index (κ3) is 2.78. The van der Waals surface area contributed by atoms with E-state index < -0.39 is 5.82 Å². The minimum absolute atomic E-state index is 0.0913. The maximum Gasteiger partial charge on any atom is 0.142 e. The molecule has 0 saturated carbocycles. The lowest BCUT2D eigenvalue weighted by Gasteiger charge is -2.09. The Labute approximate surface area is 141 Å². The molecule has 0 spiro atoms. The van der Waals surface area contributed by atoms with Gasteiger partial charge in [-0.1, -0.05) is 11.6 Å². The van der Waals surface area contributed by atoms with Crippen LogP contribution in [-0.2, 0) is 12.8 Å². The molecule has 0 saturated heterocycles. The Morgan fingerprint density at radius 1 is 1.22 bits per heavy atom. The Morgan fingerprint density at radius 2 is 2.09 bits per heavy atom. The molecule has 1 aromatic carbocycles. The summed E-state index contributed by atoms with van der Waals surface area (Å²) in [5, 5.41) is 7.83. The third-order valence-corrected chi connectivity index (χ3v) is 5.42. The van der Waals surface area contributed by atoms with Crippen molar-refractivity contribution in [2.24, 2.45) is 0 Å². The van der Waals surface area contributed by atoms with Crippen LogP contribution in [0.5, 0.6) is 0 Å². The maximum atomic E-state index is 13.3. The number of halogens is 2. The van der Waals surface area contributed by atoms with Crippen molar-refractivity contribution >= 4 is 44.7 Å². The average molecular weight is 349 g/mol. The van der Waals surface area contributed by atoms with Crippen LogP contribution < -0.4 is 10.6 Å². The number of fused-ring (bicyclic) bond motifs is 3. The molecule has 3 heterocycles. The Balaban J connectivity index is 1.80. The number of nitrogens with zero attached hydrogens (tertiary/aromatic N) is 2. The molecule has 0 atom stereocenters. The number of anilines is 2. The molecule has 0 aliphatic carbocycles. The van der Waals surface area contributed by atoms with Gasteiger partial charge in [0.1, 0.15) is 22.8 Å². The highest BCUT2D eigenvalue weighted by atomic mass is 35.5. The first-order valence-electron chi connectivity index (χ1n) is 7.40. The zero-order valence-electron chi connectivity index (χ0n) is 12.2. The quantitative estimate of drug-likeness (QED) is 0.737. The number of hydrogen-bond donors (Lipinski definition) is 2. The van der Waals surface area contributed by atoms with Crippen LogP contribution in [0.4, 0.5) is 15.9 Å². The van der Waals surface area contributed by atoms with E-state index >= 15 is 0 Å². The minimum Gasteiger partial charge on any atom is -0.340 e. The Hall–Kier alpha value is -1.76. The lowest BCUT2D eigenvalue weighted by molar-refractivity contribution is 0.628. The molecule has 1 aliphatic rings. The lowest BCUT2D eigenvalue weighted by atomic mass is 10.1. The highest BCUT2D eigenvalue weighted by Crippen LogP contribution is 2.36. The van der Waals surface area contributed by atoms with Gasteiger partial charge in [0.2, 0.25) is 0 Å².